The van der Waals surface area contributed by atoms with Crippen molar-refractivity contribution in [3.05, 3.63) is 111 Å². The zero-order valence-corrected chi connectivity index (χ0v) is 17.6. The number of carbonyl (C=O) groups excluding carboxylic acids is 2. The molecule has 0 unspecified atom stereocenters. The van der Waals surface area contributed by atoms with Crippen LogP contribution in [0.5, 0.6) is 0 Å². The van der Waals surface area contributed by atoms with E-state index in [1.165, 1.54) is 0 Å². The average molecular weight is 443 g/mol. The maximum absolute atomic E-state index is 12.5. The first-order chi connectivity index (χ1) is 16.0. The lowest BCUT2D eigenvalue weighted by molar-refractivity contribution is 0.0495. The van der Waals surface area contributed by atoms with Crippen LogP contribution < -0.4 is 16.6 Å². The smallest absolute Gasteiger partial charge is 0.338 e. The lowest BCUT2D eigenvalue weighted by Gasteiger charge is -2.08. The van der Waals surface area contributed by atoms with Gasteiger partial charge in [-0.15, -0.1) is 0 Å². The molecule has 0 radical (unpaired) electrons. The summed E-state index contributed by atoms with van der Waals surface area (Å²) in [6, 6.07) is 21.9. The molecule has 0 aliphatic heterocycles. The van der Waals surface area contributed by atoms with E-state index >= 15 is 0 Å². The second-order valence-electron chi connectivity index (χ2n) is 7.32. The molecule has 3 aromatic carbocycles. The number of nitrogens with zero attached hydrogens (tertiary/aromatic N) is 1. The summed E-state index contributed by atoms with van der Waals surface area (Å²) >= 11 is 0. The average Bonchev–Trinajstić information content (AvgIpc) is 2.84. The Labute approximate surface area is 188 Å². The summed E-state index contributed by atoms with van der Waals surface area (Å²) in [7, 11) is 0. The van der Waals surface area contributed by atoms with Crippen molar-refractivity contribution in [1.82, 2.24) is 9.55 Å². The van der Waals surface area contributed by atoms with E-state index in [0.29, 0.717) is 34.1 Å². The van der Waals surface area contributed by atoms with Crippen LogP contribution in [-0.4, -0.2) is 28.0 Å². The van der Waals surface area contributed by atoms with Gasteiger partial charge in [-0.2, -0.15) is 0 Å². The van der Waals surface area contributed by atoms with Crippen molar-refractivity contribution in [1.29, 1.82) is 0 Å². The van der Waals surface area contributed by atoms with Crippen LogP contribution >= 0.6 is 0 Å². The van der Waals surface area contributed by atoms with Gasteiger partial charge in [-0.05, 0) is 55.0 Å². The van der Waals surface area contributed by atoms with Crippen LogP contribution in [0.25, 0.3) is 10.9 Å². The van der Waals surface area contributed by atoms with Crippen molar-refractivity contribution in [2.45, 2.75) is 13.0 Å². The van der Waals surface area contributed by atoms with Crippen molar-refractivity contribution in [2.75, 3.05) is 11.9 Å². The van der Waals surface area contributed by atoms with E-state index in [9.17, 15) is 19.2 Å². The van der Waals surface area contributed by atoms with Crippen molar-refractivity contribution in [3.63, 3.8) is 0 Å². The molecule has 1 heterocycles. The number of anilines is 1. The van der Waals surface area contributed by atoms with E-state index in [4.69, 9.17) is 4.74 Å². The van der Waals surface area contributed by atoms with Gasteiger partial charge in [0.2, 0.25) is 0 Å². The second-order valence-corrected chi connectivity index (χ2v) is 7.32. The maximum atomic E-state index is 12.5. The number of para-hydroxylation sites is 1. The number of amides is 1. The van der Waals surface area contributed by atoms with Gasteiger partial charge in [0.25, 0.3) is 11.5 Å². The van der Waals surface area contributed by atoms with Crippen molar-refractivity contribution < 1.29 is 14.3 Å². The highest BCUT2D eigenvalue weighted by molar-refractivity contribution is 6.04. The minimum Gasteiger partial charge on any atom is -0.462 e. The molecule has 0 saturated heterocycles. The summed E-state index contributed by atoms with van der Waals surface area (Å²) in [4.78, 5) is 51.8. The Kier molecular flexibility index (Phi) is 6.45. The number of hydrogen-bond donors (Lipinski definition) is 2. The monoisotopic (exact) mass is 443 g/mol. The van der Waals surface area contributed by atoms with Crippen LogP contribution in [0.1, 0.15) is 27.1 Å². The molecule has 166 valence electrons. The summed E-state index contributed by atoms with van der Waals surface area (Å²) in [5.74, 6) is -0.777. The van der Waals surface area contributed by atoms with Crippen molar-refractivity contribution in [3.8, 4) is 0 Å². The fourth-order valence-corrected chi connectivity index (χ4v) is 3.36. The summed E-state index contributed by atoms with van der Waals surface area (Å²) in [6.07, 6.45) is 0.304. The molecule has 0 saturated carbocycles. The molecule has 0 fully saturated rings. The Balaban J connectivity index is 1.31. The number of rotatable bonds is 7. The Hall–Kier alpha value is -4.46. The first-order valence-electron chi connectivity index (χ1n) is 10.4. The van der Waals surface area contributed by atoms with Gasteiger partial charge in [0.15, 0.2) is 0 Å². The van der Waals surface area contributed by atoms with E-state index in [-0.39, 0.29) is 24.6 Å². The lowest BCUT2D eigenvalue weighted by Crippen LogP contribution is -2.35. The molecule has 8 heteroatoms. The van der Waals surface area contributed by atoms with E-state index < -0.39 is 11.7 Å². The Morgan fingerprint density at radius 1 is 0.848 bits per heavy atom. The number of nitrogens with one attached hydrogen (secondary N) is 2. The van der Waals surface area contributed by atoms with Crippen LogP contribution in [0.3, 0.4) is 0 Å². The molecule has 0 spiro atoms. The third kappa shape index (κ3) is 5.07. The molecule has 0 atom stereocenters. The van der Waals surface area contributed by atoms with Crippen LogP contribution in [-0.2, 0) is 11.3 Å². The Bertz CT molecular complexity index is 1410. The molecule has 1 aromatic heterocycles. The van der Waals surface area contributed by atoms with Crippen LogP contribution in [0, 0.1) is 0 Å². The van der Waals surface area contributed by atoms with Gasteiger partial charge >= 0.3 is 11.7 Å². The maximum Gasteiger partial charge on any atom is 0.338 e. The third-order valence-electron chi connectivity index (χ3n) is 5.06. The number of ether oxygens (including phenoxy) is 1. The summed E-state index contributed by atoms with van der Waals surface area (Å²) in [6.45, 7) is 0.167. The molecule has 33 heavy (non-hydrogen) atoms. The predicted molar refractivity (Wildman–Crippen MR) is 125 cm³/mol. The highest BCUT2D eigenvalue weighted by Crippen LogP contribution is 2.12. The summed E-state index contributed by atoms with van der Waals surface area (Å²) in [5.41, 5.74) is 1.01. The number of H-pyrrole nitrogens is 1. The second kappa shape index (κ2) is 9.78. The zero-order chi connectivity index (χ0) is 23.2. The first-order valence-corrected chi connectivity index (χ1v) is 10.4. The topological polar surface area (TPSA) is 110 Å². The molecule has 8 nitrogen and oxygen atoms in total. The minimum absolute atomic E-state index is 0.0457. The molecular formula is C25H21N3O5. The molecule has 0 aliphatic carbocycles. The largest absolute Gasteiger partial charge is 0.462 e. The first kappa shape index (κ1) is 21.8. The Morgan fingerprint density at radius 3 is 2.30 bits per heavy atom. The molecular weight excluding hydrogens is 422 g/mol. The zero-order valence-electron chi connectivity index (χ0n) is 17.6. The highest BCUT2D eigenvalue weighted by atomic mass is 16.5. The van der Waals surface area contributed by atoms with E-state index in [1.807, 2.05) is 6.07 Å². The van der Waals surface area contributed by atoms with E-state index in [1.54, 1.807) is 72.8 Å². The number of fused-ring (bicyclic) bond motifs is 1. The molecule has 4 aromatic rings. The van der Waals surface area contributed by atoms with E-state index in [2.05, 4.69) is 10.3 Å². The van der Waals surface area contributed by atoms with Gasteiger partial charge in [-0.1, -0.05) is 30.3 Å². The molecule has 1 amide bonds. The van der Waals surface area contributed by atoms with Crippen molar-refractivity contribution in [2.24, 2.45) is 0 Å². The molecule has 2 N–H and O–H groups in total. The lowest BCUT2D eigenvalue weighted by atomic mass is 10.2. The number of hydrogen-bond acceptors (Lipinski definition) is 5. The van der Waals surface area contributed by atoms with Crippen LogP contribution in [0.15, 0.2) is 88.5 Å². The van der Waals surface area contributed by atoms with Gasteiger partial charge in [-0.3, -0.25) is 14.2 Å². The van der Waals surface area contributed by atoms with Gasteiger partial charge in [0.05, 0.1) is 23.1 Å². The van der Waals surface area contributed by atoms with Crippen LogP contribution in [0.2, 0.25) is 0 Å². The number of benzene rings is 3. The van der Waals surface area contributed by atoms with Crippen LogP contribution in [0.4, 0.5) is 5.69 Å². The quantitative estimate of drug-likeness (QED) is 0.337. The number of esters is 1. The number of aromatic nitrogens is 2. The number of aromatic amines is 1. The SMILES string of the molecule is O=C(Nc1ccc(C(=O)OCCCn2c(=O)[nH]c3ccccc3c2=O)cc1)c1ccccc1. The van der Waals surface area contributed by atoms with Gasteiger partial charge in [-0.25, -0.2) is 9.59 Å². The van der Waals surface area contributed by atoms with Gasteiger partial charge in [0, 0.05) is 17.8 Å². The summed E-state index contributed by atoms with van der Waals surface area (Å²) < 4.78 is 6.35. The van der Waals surface area contributed by atoms with E-state index in [0.717, 1.165) is 4.57 Å². The standard InChI is InChI=1S/C25H21N3O5/c29-22(17-7-2-1-3-8-17)26-19-13-11-18(12-14-19)24(31)33-16-6-15-28-23(30)20-9-4-5-10-21(20)27-25(28)32/h1-5,7-14H,6,15-16H2,(H,26,29)(H,27,32). The highest BCUT2D eigenvalue weighted by Gasteiger charge is 2.10. The fourth-order valence-electron chi connectivity index (χ4n) is 3.36. The normalized spacial score (nSPS) is 10.7. The molecule has 0 aliphatic rings. The summed E-state index contributed by atoms with van der Waals surface area (Å²) in [5, 5.41) is 3.19. The van der Waals surface area contributed by atoms with Crippen molar-refractivity contribution >= 4 is 28.5 Å². The predicted octanol–water partition coefficient (Wildman–Crippen LogP) is 3.19. The minimum atomic E-state index is -0.532. The molecule has 4 rings (SSSR count). The number of carbonyl (C=O) groups is 2. The van der Waals surface area contributed by atoms with Gasteiger partial charge < -0.3 is 15.0 Å². The Morgan fingerprint density at radius 2 is 1.55 bits per heavy atom. The van der Waals surface area contributed by atoms with Gasteiger partial charge in [0.1, 0.15) is 0 Å². The third-order valence-corrected chi connectivity index (χ3v) is 5.06. The fraction of sp³-hybridized carbons (Fsp3) is 0.120. The molecule has 0 bridgehead atoms.